The molecule has 0 bridgehead atoms. The molecule has 0 spiro atoms. The molecule has 1 atom stereocenters. The second-order valence-corrected chi connectivity index (χ2v) is 7.32. The van der Waals surface area contributed by atoms with Crippen LogP contribution >= 0.6 is 0 Å². The van der Waals surface area contributed by atoms with Gasteiger partial charge in [-0.1, -0.05) is 6.42 Å². The Bertz CT molecular complexity index is 545. The summed E-state index contributed by atoms with van der Waals surface area (Å²) in [4.78, 5) is 6.40. The highest BCUT2D eigenvalue weighted by Gasteiger charge is 2.18. The van der Waals surface area contributed by atoms with E-state index in [9.17, 15) is 8.42 Å². The van der Waals surface area contributed by atoms with Crippen LogP contribution in [0, 0.1) is 0 Å². The van der Waals surface area contributed by atoms with Crippen LogP contribution in [0.2, 0.25) is 0 Å². The molecule has 1 aliphatic rings. The van der Waals surface area contributed by atoms with Gasteiger partial charge in [-0.05, 0) is 51.4 Å². The van der Waals surface area contributed by atoms with Crippen molar-refractivity contribution >= 4 is 15.8 Å². The van der Waals surface area contributed by atoms with E-state index in [1.54, 1.807) is 0 Å². The van der Waals surface area contributed by atoms with Crippen molar-refractivity contribution in [3.8, 4) is 0 Å². The highest BCUT2D eigenvalue weighted by molar-refractivity contribution is 7.89. The van der Waals surface area contributed by atoms with E-state index in [0.29, 0.717) is 18.4 Å². The molecule has 7 heteroatoms. The first-order valence-electron chi connectivity index (χ1n) is 7.44. The van der Waals surface area contributed by atoms with Crippen molar-refractivity contribution in [2.75, 3.05) is 25.4 Å². The predicted octanol–water partition coefficient (Wildman–Crippen LogP) is 1.21. The Hall–Kier alpha value is -1.18. The maximum Gasteiger partial charge on any atom is 0.242 e. The molecule has 1 unspecified atom stereocenters. The van der Waals surface area contributed by atoms with Gasteiger partial charge in [-0.2, -0.15) is 0 Å². The fourth-order valence-corrected chi connectivity index (χ4v) is 3.63. The lowest BCUT2D eigenvalue weighted by Crippen LogP contribution is -2.39. The van der Waals surface area contributed by atoms with Crippen LogP contribution in [0.15, 0.2) is 23.2 Å². The van der Waals surface area contributed by atoms with E-state index in [0.717, 1.165) is 19.5 Å². The van der Waals surface area contributed by atoms with Gasteiger partial charge in [0.25, 0.3) is 0 Å². The Morgan fingerprint density at radius 3 is 2.90 bits per heavy atom. The van der Waals surface area contributed by atoms with Crippen molar-refractivity contribution in [1.29, 1.82) is 0 Å². The van der Waals surface area contributed by atoms with Gasteiger partial charge in [0.15, 0.2) is 0 Å². The predicted molar refractivity (Wildman–Crippen MR) is 83.3 cm³/mol. The lowest BCUT2D eigenvalue weighted by Gasteiger charge is -2.33. The van der Waals surface area contributed by atoms with Crippen LogP contribution in [0.25, 0.3) is 0 Å². The molecule has 0 aliphatic carbocycles. The van der Waals surface area contributed by atoms with Crippen molar-refractivity contribution < 1.29 is 8.42 Å². The number of nitrogens with one attached hydrogen (secondary N) is 1. The van der Waals surface area contributed by atoms with Gasteiger partial charge in [0.2, 0.25) is 10.0 Å². The molecule has 21 heavy (non-hydrogen) atoms. The van der Waals surface area contributed by atoms with Gasteiger partial charge in [0.1, 0.15) is 10.7 Å². The van der Waals surface area contributed by atoms with Gasteiger partial charge < -0.3 is 10.6 Å². The lowest BCUT2D eigenvalue weighted by molar-refractivity contribution is 0.159. The molecule has 2 rings (SSSR count). The summed E-state index contributed by atoms with van der Waals surface area (Å²) in [5.41, 5.74) is 5.46. The molecule has 1 fully saturated rings. The molecule has 0 aromatic carbocycles. The second kappa shape index (κ2) is 7.20. The first kappa shape index (κ1) is 16.2. The normalized spacial score (nSPS) is 20.5. The number of nitrogen functional groups attached to an aromatic ring is 1. The van der Waals surface area contributed by atoms with Gasteiger partial charge in [-0.25, -0.2) is 18.1 Å². The first-order chi connectivity index (χ1) is 9.99. The Labute approximate surface area is 126 Å². The highest BCUT2D eigenvalue weighted by atomic mass is 32.2. The third kappa shape index (κ3) is 4.66. The molecule has 1 aromatic heterocycles. The number of likely N-dealkylation sites (tertiary alicyclic amines) is 1. The molecule has 3 N–H and O–H groups in total. The molecular formula is C14H24N4O2S. The summed E-state index contributed by atoms with van der Waals surface area (Å²) < 4.78 is 26.7. The van der Waals surface area contributed by atoms with Gasteiger partial charge in [0.05, 0.1) is 0 Å². The number of piperidine rings is 1. The maximum absolute atomic E-state index is 12.1. The minimum absolute atomic E-state index is 0.156. The van der Waals surface area contributed by atoms with Crippen LogP contribution in [-0.4, -0.2) is 44.0 Å². The summed E-state index contributed by atoms with van der Waals surface area (Å²) in [5, 5.41) is 0. The zero-order valence-corrected chi connectivity index (χ0v) is 13.3. The minimum atomic E-state index is -3.48. The molecule has 0 saturated carbocycles. The van der Waals surface area contributed by atoms with Crippen molar-refractivity contribution in [2.24, 2.45) is 0 Å². The number of rotatable bonds is 6. The summed E-state index contributed by atoms with van der Waals surface area (Å²) in [6.45, 7) is 4.73. The van der Waals surface area contributed by atoms with E-state index in [1.165, 1.54) is 37.6 Å². The molecular weight excluding hydrogens is 288 g/mol. The first-order valence-corrected chi connectivity index (χ1v) is 8.92. The number of pyridine rings is 1. The van der Waals surface area contributed by atoms with Gasteiger partial charge in [0, 0.05) is 18.8 Å². The van der Waals surface area contributed by atoms with Crippen LogP contribution in [0.3, 0.4) is 0 Å². The molecule has 118 valence electrons. The van der Waals surface area contributed by atoms with Gasteiger partial charge in [-0.15, -0.1) is 0 Å². The Balaban J connectivity index is 1.78. The molecule has 1 aromatic rings. The third-order valence-electron chi connectivity index (χ3n) is 3.92. The van der Waals surface area contributed by atoms with E-state index in [4.69, 9.17) is 5.73 Å². The second-order valence-electron chi connectivity index (χ2n) is 5.55. The van der Waals surface area contributed by atoms with Crippen molar-refractivity contribution in [3.63, 3.8) is 0 Å². The Morgan fingerprint density at radius 2 is 2.24 bits per heavy atom. The zero-order valence-electron chi connectivity index (χ0n) is 12.5. The van der Waals surface area contributed by atoms with Crippen molar-refractivity contribution in [3.05, 3.63) is 18.3 Å². The minimum Gasteiger partial charge on any atom is -0.384 e. The number of aromatic nitrogens is 1. The van der Waals surface area contributed by atoms with Crippen LogP contribution in [0.5, 0.6) is 0 Å². The summed E-state index contributed by atoms with van der Waals surface area (Å²) in [6, 6.07) is 3.57. The maximum atomic E-state index is 12.1. The fraction of sp³-hybridized carbons (Fsp3) is 0.643. The van der Waals surface area contributed by atoms with Crippen molar-refractivity contribution in [2.45, 2.75) is 43.5 Å². The Kier molecular flexibility index (Phi) is 5.55. The topological polar surface area (TPSA) is 88.3 Å². The fourth-order valence-electron chi connectivity index (χ4n) is 2.61. The Morgan fingerprint density at radius 1 is 1.43 bits per heavy atom. The SMILES string of the molecule is CC1CCCCN1CCCNS(=O)(=O)c1ccc(N)nc1. The number of anilines is 1. The van der Waals surface area contributed by atoms with Crippen LogP contribution in [0.1, 0.15) is 32.6 Å². The molecule has 2 heterocycles. The monoisotopic (exact) mass is 312 g/mol. The molecule has 0 radical (unpaired) electrons. The van der Waals surface area contributed by atoms with Gasteiger partial charge in [-0.3, -0.25) is 0 Å². The average Bonchev–Trinajstić information content (AvgIpc) is 2.46. The highest BCUT2D eigenvalue weighted by Crippen LogP contribution is 2.16. The van der Waals surface area contributed by atoms with Crippen molar-refractivity contribution in [1.82, 2.24) is 14.6 Å². The summed E-state index contributed by atoms with van der Waals surface area (Å²) in [5.74, 6) is 0.313. The number of nitrogens with two attached hydrogens (primary N) is 1. The van der Waals surface area contributed by atoms with E-state index >= 15 is 0 Å². The molecule has 6 nitrogen and oxygen atoms in total. The summed E-state index contributed by atoms with van der Waals surface area (Å²) >= 11 is 0. The number of hydrogen-bond acceptors (Lipinski definition) is 5. The molecule has 1 aliphatic heterocycles. The van der Waals surface area contributed by atoms with Crippen LogP contribution in [0.4, 0.5) is 5.82 Å². The third-order valence-corrected chi connectivity index (χ3v) is 5.37. The average molecular weight is 312 g/mol. The zero-order chi connectivity index (χ0) is 15.3. The van der Waals surface area contributed by atoms with E-state index in [2.05, 4.69) is 21.5 Å². The van der Waals surface area contributed by atoms with Crippen LogP contribution < -0.4 is 10.5 Å². The summed E-state index contributed by atoms with van der Waals surface area (Å²) in [6.07, 6.45) is 5.88. The number of hydrogen-bond donors (Lipinski definition) is 2. The quantitative estimate of drug-likeness (QED) is 0.771. The van der Waals surface area contributed by atoms with Crippen LogP contribution in [-0.2, 0) is 10.0 Å². The van der Waals surface area contributed by atoms with Gasteiger partial charge >= 0.3 is 0 Å². The van der Waals surface area contributed by atoms with E-state index in [1.807, 2.05) is 0 Å². The molecule has 1 saturated heterocycles. The lowest BCUT2D eigenvalue weighted by atomic mass is 10.0. The van der Waals surface area contributed by atoms with E-state index < -0.39 is 10.0 Å². The summed E-state index contributed by atoms with van der Waals surface area (Å²) in [7, 11) is -3.48. The van der Waals surface area contributed by atoms with E-state index in [-0.39, 0.29) is 4.90 Å². The smallest absolute Gasteiger partial charge is 0.242 e. The molecule has 0 amide bonds. The number of nitrogens with zero attached hydrogens (tertiary/aromatic N) is 2. The standard InChI is InChI=1S/C14H24N4O2S/c1-12-5-2-3-9-18(12)10-4-8-17-21(19,20)13-6-7-14(15)16-11-13/h6-7,11-12,17H,2-5,8-10H2,1H3,(H2,15,16). The number of sulfonamides is 1. The largest absolute Gasteiger partial charge is 0.384 e.